The van der Waals surface area contributed by atoms with Gasteiger partial charge >= 0.3 is 0 Å². The largest absolute Gasteiger partial charge is 0.379 e. The molecule has 0 bridgehead atoms. The Labute approximate surface area is 104 Å². The number of ether oxygens (including phenoxy) is 1. The molecule has 1 aromatic carbocycles. The van der Waals surface area contributed by atoms with E-state index in [0.29, 0.717) is 12.6 Å². The van der Waals surface area contributed by atoms with Gasteiger partial charge < -0.3 is 10.5 Å². The highest BCUT2D eigenvalue weighted by molar-refractivity contribution is 5.32. The van der Waals surface area contributed by atoms with Gasteiger partial charge in [-0.3, -0.25) is 4.90 Å². The summed E-state index contributed by atoms with van der Waals surface area (Å²) < 4.78 is 5.39. The SMILES string of the molecule is Cc1ccc([C@H](CN)N2CCOCC2)cc1C. The molecule has 1 aliphatic rings. The smallest absolute Gasteiger partial charge is 0.0594 e. The minimum atomic E-state index is 0.332. The van der Waals surface area contributed by atoms with Crippen LogP contribution in [-0.2, 0) is 4.74 Å². The van der Waals surface area contributed by atoms with E-state index < -0.39 is 0 Å². The van der Waals surface area contributed by atoms with Crippen LogP contribution in [0.5, 0.6) is 0 Å². The summed E-state index contributed by atoms with van der Waals surface area (Å²) in [4.78, 5) is 2.42. The number of morpholine rings is 1. The topological polar surface area (TPSA) is 38.5 Å². The molecule has 1 aliphatic heterocycles. The van der Waals surface area contributed by atoms with Crippen molar-refractivity contribution in [2.75, 3.05) is 32.8 Å². The average molecular weight is 234 g/mol. The van der Waals surface area contributed by atoms with Gasteiger partial charge in [0.1, 0.15) is 0 Å². The van der Waals surface area contributed by atoms with Gasteiger partial charge in [0.15, 0.2) is 0 Å². The molecule has 1 aromatic rings. The lowest BCUT2D eigenvalue weighted by molar-refractivity contribution is 0.0179. The van der Waals surface area contributed by atoms with Crippen molar-refractivity contribution in [3.05, 3.63) is 34.9 Å². The zero-order valence-corrected chi connectivity index (χ0v) is 10.8. The van der Waals surface area contributed by atoms with Crippen molar-refractivity contribution >= 4 is 0 Å². The Kier molecular flexibility index (Phi) is 4.15. The molecule has 3 nitrogen and oxygen atoms in total. The van der Waals surface area contributed by atoms with Crippen LogP contribution in [0.1, 0.15) is 22.7 Å². The van der Waals surface area contributed by atoms with Crippen molar-refractivity contribution in [2.24, 2.45) is 5.73 Å². The number of nitrogens with two attached hydrogens (primary N) is 1. The van der Waals surface area contributed by atoms with Gasteiger partial charge in [0.05, 0.1) is 13.2 Å². The van der Waals surface area contributed by atoms with Crippen molar-refractivity contribution in [2.45, 2.75) is 19.9 Å². The lowest BCUT2D eigenvalue weighted by Gasteiger charge is -2.34. The summed E-state index contributed by atoms with van der Waals surface area (Å²) in [6.45, 7) is 8.58. The molecule has 3 heteroatoms. The van der Waals surface area contributed by atoms with E-state index in [9.17, 15) is 0 Å². The summed E-state index contributed by atoms with van der Waals surface area (Å²) in [6.07, 6.45) is 0. The van der Waals surface area contributed by atoms with E-state index in [2.05, 4.69) is 36.9 Å². The van der Waals surface area contributed by atoms with Crippen LogP contribution in [0, 0.1) is 13.8 Å². The summed E-state index contributed by atoms with van der Waals surface area (Å²) >= 11 is 0. The molecule has 17 heavy (non-hydrogen) atoms. The number of nitrogens with zero attached hydrogens (tertiary/aromatic N) is 1. The molecule has 0 unspecified atom stereocenters. The Morgan fingerprint density at radius 2 is 1.94 bits per heavy atom. The monoisotopic (exact) mass is 234 g/mol. The lowest BCUT2D eigenvalue weighted by Crippen LogP contribution is -2.41. The zero-order chi connectivity index (χ0) is 12.3. The van der Waals surface area contributed by atoms with E-state index in [1.54, 1.807) is 0 Å². The van der Waals surface area contributed by atoms with Crippen molar-refractivity contribution in [1.29, 1.82) is 0 Å². The van der Waals surface area contributed by atoms with Crippen LogP contribution in [0.2, 0.25) is 0 Å². The van der Waals surface area contributed by atoms with E-state index in [0.717, 1.165) is 26.3 Å². The molecule has 1 heterocycles. The van der Waals surface area contributed by atoms with Crippen LogP contribution in [0.25, 0.3) is 0 Å². The van der Waals surface area contributed by atoms with Crippen LogP contribution in [0.4, 0.5) is 0 Å². The lowest BCUT2D eigenvalue weighted by atomic mass is 10.00. The summed E-state index contributed by atoms with van der Waals surface area (Å²) in [5.74, 6) is 0. The maximum atomic E-state index is 5.94. The van der Waals surface area contributed by atoms with E-state index in [1.807, 2.05) is 0 Å². The van der Waals surface area contributed by atoms with Gasteiger partial charge in [-0.2, -0.15) is 0 Å². The normalized spacial score (nSPS) is 19.2. The average Bonchev–Trinajstić information content (AvgIpc) is 2.36. The Morgan fingerprint density at radius 1 is 1.24 bits per heavy atom. The van der Waals surface area contributed by atoms with Crippen molar-refractivity contribution in [3.8, 4) is 0 Å². The Hall–Kier alpha value is -0.900. The Bertz CT molecular complexity index is 372. The van der Waals surface area contributed by atoms with Crippen molar-refractivity contribution in [1.82, 2.24) is 4.90 Å². The van der Waals surface area contributed by atoms with Gasteiger partial charge in [0.25, 0.3) is 0 Å². The molecule has 2 rings (SSSR count). The molecule has 0 saturated carbocycles. The van der Waals surface area contributed by atoms with Gasteiger partial charge in [0, 0.05) is 25.7 Å². The highest BCUT2D eigenvalue weighted by Crippen LogP contribution is 2.22. The summed E-state index contributed by atoms with van der Waals surface area (Å²) in [7, 11) is 0. The Balaban J connectivity index is 2.18. The molecule has 1 atom stereocenters. The molecule has 0 aliphatic carbocycles. The van der Waals surface area contributed by atoms with E-state index in [-0.39, 0.29) is 0 Å². The maximum absolute atomic E-state index is 5.94. The van der Waals surface area contributed by atoms with Crippen LogP contribution in [-0.4, -0.2) is 37.7 Å². The van der Waals surface area contributed by atoms with Crippen LogP contribution >= 0.6 is 0 Å². The van der Waals surface area contributed by atoms with Crippen LogP contribution in [0.15, 0.2) is 18.2 Å². The van der Waals surface area contributed by atoms with Gasteiger partial charge in [-0.1, -0.05) is 18.2 Å². The van der Waals surface area contributed by atoms with E-state index in [1.165, 1.54) is 16.7 Å². The maximum Gasteiger partial charge on any atom is 0.0594 e. The van der Waals surface area contributed by atoms with E-state index in [4.69, 9.17) is 10.5 Å². The van der Waals surface area contributed by atoms with Crippen molar-refractivity contribution < 1.29 is 4.74 Å². The van der Waals surface area contributed by atoms with Gasteiger partial charge in [0.2, 0.25) is 0 Å². The second kappa shape index (κ2) is 5.63. The molecular formula is C14H22N2O. The number of benzene rings is 1. The number of hydrogen-bond donors (Lipinski definition) is 1. The zero-order valence-electron chi connectivity index (χ0n) is 10.8. The third kappa shape index (κ3) is 2.86. The fraction of sp³-hybridized carbons (Fsp3) is 0.571. The summed E-state index contributed by atoms with van der Waals surface area (Å²) in [5, 5.41) is 0. The number of aryl methyl sites for hydroxylation is 2. The summed E-state index contributed by atoms with van der Waals surface area (Å²) in [6, 6.07) is 6.99. The highest BCUT2D eigenvalue weighted by atomic mass is 16.5. The predicted molar refractivity (Wildman–Crippen MR) is 70.1 cm³/mol. The fourth-order valence-electron chi connectivity index (χ4n) is 2.36. The second-order valence-corrected chi connectivity index (χ2v) is 4.74. The van der Waals surface area contributed by atoms with Crippen molar-refractivity contribution in [3.63, 3.8) is 0 Å². The first-order valence-electron chi connectivity index (χ1n) is 6.31. The third-order valence-corrected chi connectivity index (χ3v) is 3.63. The van der Waals surface area contributed by atoms with Crippen LogP contribution in [0.3, 0.4) is 0 Å². The highest BCUT2D eigenvalue weighted by Gasteiger charge is 2.21. The van der Waals surface area contributed by atoms with Gasteiger partial charge in [-0.15, -0.1) is 0 Å². The molecule has 0 spiro atoms. The number of hydrogen-bond acceptors (Lipinski definition) is 3. The first kappa shape index (κ1) is 12.6. The predicted octanol–water partition coefficient (Wildman–Crippen LogP) is 1.64. The first-order valence-corrected chi connectivity index (χ1v) is 6.31. The minimum absolute atomic E-state index is 0.332. The fourth-order valence-corrected chi connectivity index (χ4v) is 2.36. The third-order valence-electron chi connectivity index (χ3n) is 3.63. The minimum Gasteiger partial charge on any atom is -0.379 e. The molecule has 0 aromatic heterocycles. The quantitative estimate of drug-likeness (QED) is 0.864. The van der Waals surface area contributed by atoms with Gasteiger partial charge in [-0.05, 0) is 30.5 Å². The first-order chi connectivity index (χ1) is 8.22. The molecule has 94 valence electrons. The second-order valence-electron chi connectivity index (χ2n) is 4.74. The standard InChI is InChI=1S/C14H22N2O/c1-11-3-4-13(9-12(11)2)14(10-15)16-5-7-17-8-6-16/h3-4,9,14H,5-8,10,15H2,1-2H3/t14-/m0/s1. The molecule has 1 fully saturated rings. The Morgan fingerprint density at radius 3 is 2.53 bits per heavy atom. The molecular weight excluding hydrogens is 212 g/mol. The van der Waals surface area contributed by atoms with E-state index >= 15 is 0 Å². The molecule has 2 N–H and O–H groups in total. The van der Waals surface area contributed by atoms with Crippen LogP contribution < -0.4 is 5.73 Å². The summed E-state index contributed by atoms with van der Waals surface area (Å²) in [5.41, 5.74) is 9.95. The molecule has 1 saturated heterocycles. The van der Waals surface area contributed by atoms with Gasteiger partial charge in [-0.25, -0.2) is 0 Å². The number of rotatable bonds is 3. The molecule has 0 radical (unpaired) electrons. The molecule has 0 amide bonds.